The van der Waals surface area contributed by atoms with Gasteiger partial charge in [0, 0.05) is 5.75 Å². The van der Waals surface area contributed by atoms with Crippen LogP contribution in [0.25, 0.3) is 10.8 Å². The number of thiazole rings is 1. The van der Waals surface area contributed by atoms with E-state index in [0.29, 0.717) is 31.4 Å². The minimum absolute atomic E-state index is 0.0282. The normalized spacial score (nSPS) is 15.6. The molecule has 1 aliphatic rings. The van der Waals surface area contributed by atoms with E-state index in [1.807, 2.05) is 49.4 Å². The number of carbonyl (C=O) groups is 2. The Morgan fingerprint density at radius 3 is 2.40 bits per heavy atom. The standard InChI is InChI=1S/C33H30N4O3S3/c1-18-29(42-19(2)34-18)27(38)25-26(21-13-15-23(16-14-21)33(3,4)5)37(30(40)28(25)39)31-35-36-32(43-31)41-17-22-11-8-10-20-9-6-7-12-24(20)22/h6-16,26,39H,17H2,1-5H3. The molecule has 218 valence electrons. The lowest BCUT2D eigenvalue weighted by Crippen LogP contribution is -2.31. The second-order valence-electron chi connectivity index (χ2n) is 11.5. The van der Waals surface area contributed by atoms with E-state index in [-0.39, 0.29) is 11.0 Å². The average molecular weight is 627 g/mol. The predicted octanol–water partition coefficient (Wildman–Crippen LogP) is 8.14. The fraction of sp³-hybridized carbons (Fsp3) is 0.242. The highest BCUT2D eigenvalue weighted by Gasteiger charge is 2.46. The van der Waals surface area contributed by atoms with Crippen LogP contribution < -0.4 is 4.90 Å². The van der Waals surface area contributed by atoms with Crippen LogP contribution in [0.15, 0.2) is 82.4 Å². The van der Waals surface area contributed by atoms with E-state index < -0.39 is 23.5 Å². The summed E-state index contributed by atoms with van der Waals surface area (Å²) in [5.41, 5.74) is 3.52. The van der Waals surface area contributed by atoms with Gasteiger partial charge in [-0.15, -0.1) is 21.5 Å². The van der Waals surface area contributed by atoms with E-state index in [0.717, 1.165) is 10.6 Å². The Labute approximate surface area is 262 Å². The average Bonchev–Trinajstić information content (AvgIpc) is 3.66. The number of ketones is 1. The molecule has 5 aromatic rings. The maximum atomic E-state index is 13.9. The molecule has 2 aromatic heterocycles. The molecule has 0 spiro atoms. The highest BCUT2D eigenvalue weighted by molar-refractivity contribution is 8.00. The topological polar surface area (TPSA) is 96.3 Å². The lowest BCUT2D eigenvalue weighted by Gasteiger charge is -2.25. The van der Waals surface area contributed by atoms with Crippen molar-refractivity contribution < 1.29 is 14.7 Å². The van der Waals surface area contributed by atoms with Crippen LogP contribution in [0.4, 0.5) is 5.13 Å². The molecule has 10 heteroatoms. The Morgan fingerprint density at radius 2 is 1.70 bits per heavy atom. The number of Topliss-reactive ketones (excluding diaryl/α,β-unsaturated/α-hetero) is 1. The van der Waals surface area contributed by atoms with Crippen LogP contribution >= 0.6 is 34.4 Å². The number of aromatic nitrogens is 3. The second-order valence-corrected chi connectivity index (χ2v) is 14.8. The number of hydrogen-bond donors (Lipinski definition) is 1. The summed E-state index contributed by atoms with van der Waals surface area (Å²) in [5, 5.41) is 23.4. The lowest BCUT2D eigenvalue weighted by atomic mass is 9.85. The first-order chi connectivity index (χ1) is 20.5. The zero-order chi connectivity index (χ0) is 30.5. The van der Waals surface area contributed by atoms with Crippen LogP contribution in [-0.4, -0.2) is 32.0 Å². The molecule has 0 saturated heterocycles. The fourth-order valence-electron chi connectivity index (χ4n) is 5.30. The summed E-state index contributed by atoms with van der Waals surface area (Å²) in [6.45, 7) is 9.97. The van der Waals surface area contributed by atoms with Gasteiger partial charge in [0.15, 0.2) is 10.1 Å². The third-order valence-electron chi connectivity index (χ3n) is 7.49. The molecular formula is C33H30N4O3S3. The molecule has 1 amide bonds. The van der Waals surface area contributed by atoms with Crippen molar-refractivity contribution in [1.29, 1.82) is 0 Å². The molecule has 43 heavy (non-hydrogen) atoms. The zero-order valence-corrected chi connectivity index (χ0v) is 26.9. The number of carbonyl (C=O) groups excluding carboxylic acids is 2. The number of rotatable bonds is 7. The molecule has 0 saturated carbocycles. The molecule has 7 nitrogen and oxygen atoms in total. The molecule has 3 aromatic carbocycles. The van der Waals surface area contributed by atoms with Crippen LogP contribution in [0, 0.1) is 13.8 Å². The molecule has 0 fully saturated rings. The van der Waals surface area contributed by atoms with Crippen LogP contribution in [0.2, 0.25) is 0 Å². The lowest BCUT2D eigenvalue weighted by molar-refractivity contribution is -0.117. The van der Waals surface area contributed by atoms with Gasteiger partial charge in [0.05, 0.1) is 27.2 Å². The Hall–Kier alpha value is -3.86. The second kappa shape index (κ2) is 11.3. The quantitative estimate of drug-likeness (QED) is 0.111. The Bertz CT molecular complexity index is 1900. The van der Waals surface area contributed by atoms with E-state index in [9.17, 15) is 14.7 Å². The largest absolute Gasteiger partial charge is 0.503 e. The summed E-state index contributed by atoms with van der Waals surface area (Å²) in [6.07, 6.45) is 0. The van der Waals surface area contributed by atoms with Crippen LogP contribution in [0.3, 0.4) is 0 Å². The minimum Gasteiger partial charge on any atom is -0.503 e. The molecule has 0 radical (unpaired) electrons. The summed E-state index contributed by atoms with van der Waals surface area (Å²) in [7, 11) is 0. The maximum absolute atomic E-state index is 13.9. The Kier molecular flexibility index (Phi) is 7.70. The summed E-state index contributed by atoms with van der Waals surface area (Å²) in [4.78, 5) is 33.8. The zero-order valence-electron chi connectivity index (χ0n) is 24.4. The number of nitrogens with zero attached hydrogens (tertiary/aromatic N) is 4. The summed E-state index contributed by atoms with van der Waals surface area (Å²) in [5.74, 6) is -0.968. The number of aryl methyl sites for hydroxylation is 2. The molecular weight excluding hydrogens is 597 g/mol. The number of aliphatic hydroxyl groups excluding tert-OH is 1. The van der Waals surface area contributed by atoms with E-state index in [1.54, 1.807) is 6.92 Å². The van der Waals surface area contributed by atoms with Crippen molar-refractivity contribution in [3.8, 4) is 0 Å². The molecule has 1 atom stereocenters. The van der Waals surface area contributed by atoms with E-state index in [2.05, 4.69) is 60.2 Å². The number of hydrogen-bond acceptors (Lipinski definition) is 9. The van der Waals surface area contributed by atoms with Crippen molar-refractivity contribution >= 4 is 62.0 Å². The molecule has 1 aliphatic heterocycles. The monoisotopic (exact) mass is 626 g/mol. The summed E-state index contributed by atoms with van der Waals surface area (Å²) < 4.78 is 0.686. The van der Waals surface area contributed by atoms with E-state index in [1.165, 1.54) is 55.7 Å². The molecule has 1 unspecified atom stereocenters. The number of anilines is 1. The number of thioether (sulfide) groups is 1. The van der Waals surface area contributed by atoms with Crippen molar-refractivity contribution in [3.05, 3.63) is 110 Å². The highest BCUT2D eigenvalue weighted by Crippen LogP contribution is 2.45. The Morgan fingerprint density at radius 1 is 0.977 bits per heavy atom. The van der Waals surface area contributed by atoms with Crippen LogP contribution in [-0.2, 0) is 16.0 Å². The number of benzene rings is 3. The van der Waals surface area contributed by atoms with Gasteiger partial charge in [-0.3, -0.25) is 14.5 Å². The Balaban J connectivity index is 1.36. The van der Waals surface area contributed by atoms with Crippen molar-refractivity contribution in [1.82, 2.24) is 15.2 Å². The third-order valence-corrected chi connectivity index (χ3v) is 10.7. The van der Waals surface area contributed by atoms with Gasteiger partial charge in [-0.2, -0.15) is 0 Å². The van der Waals surface area contributed by atoms with E-state index >= 15 is 0 Å². The molecule has 0 aliphatic carbocycles. The van der Waals surface area contributed by atoms with E-state index in [4.69, 9.17) is 0 Å². The fourth-order valence-corrected chi connectivity index (χ4v) is 8.04. The van der Waals surface area contributed by atoms with Crippen LogP contribution in [0.1, 0.15) is 63.9 Å². The first-order valence-electron chi connectivity index (χ1n) is 13.8. The molecule has 3 heterocycles. The number of amides is 1. The minimum atomic E-state index is -0.861. The number of fused-ring (bicyclic) bond motifs is 1. The van der Waals surface area contributed by atoms with Gasteiger partial charge in [0.2, 0.25) is 10.9 Å². The van der Waals surface area contributed by atoms with Gasteiger partial charge in [0.1, 0.15) is 0 Å². The first-order valence-corrected chi connectivity index (χ1v) is 16.4. The summed E-state index contributed by atoms with van der Waals surface area (Å²) in [6, 6.07) is 21.5. The van der Waals surface area contributed by atoms with Gasteiger partial charge >= 0.3 is 0 Å². The van der Waals surface area contributed by atoms with Gasteiger partial charge in [-0.25, -0.2) is 4.98 Å². The number of aliphatic hydroxyl groups is 1. The SMILES string of the molecule is Cc1nc(C)c(C(=O)C2=C(O)C(=O)N(c3nnc(SCc4cccc5ccccc45)s3)C2c2ccc(C(C)(C)C)cc2)s1. The van der Waals surface area contributed by atoms with Crippen molar-refractivity contribution in [2.24, 2.45) is 0 Å². The van der Waals surface area contributed by atoms with Gasteiger partial charge in [-0.05, 0) is 46.7 Å². The van der Waals surface area contributed by atoms with Crippen LogP contribution in [0.5, 0.6) is 0 Å². The first kappa shape index (κ1) is 29.2. The van der Waals surface area contributed by atoms with Gasteiger partial charge in [0.25, 0.3) is 5.91 Å². The van der Waals surface area contributed by atoms with Gasteiger partial charge in [-0.1, -0.05) is 111 Å². The molecule has 0 bridgehead atoms. The highest BCUT2D eigenvalue weighted by atomic mass is 32.2. The van der Waals surface area contributed by atoms with Crippen molar-refractivity contribution in [2.45, 2.75) is 56.2 Å². The smallest absolute Gasteiger partial charge is 0.296 e. The maximum Gasteiger partial charge on any atom is 0.296 e. The predicted molar refractivity (Wildman–Crippen MR) is 174 cm³/mol. The third kappa shape index (κ3) is 5.50. The van der Waals surface area contributed by atoms with Crippen molar-refractivity contribution in [3.63, 3.8) is 0 Å². The van der Waals surface area contributed by atoms with Crippen molar-refractivity contribution in [2.75, 3.05) is 4.90 Å². The summed E-state index contributed by atoms with van der Waals surface area (Å²) >= 11 is 4.07. The van der Waals surface area contributed by atoms with Gasteiger partial charge < -0.3 is 5.11 Å². The molecule has 6 rings (SSSR count). The molecule has 1 N–H and O–H groups in total.